The second-order valence-corrected chi connectivity index (χ2v) is 7.69. The minimum atomic E-state index is -2.61. The van der Waals surface area contributed by atoms with Crippen molar-refractivity contribution in [1.29, 1.82) is 0 Å². The quantitative estimate of drug-likeness (QED) is 0.636. The van der Waals surface area contributed by atoms with Crippen molar-refractivity contribution >= 4 is 23.4 Å². The fourth-order valence-electron chi connectivity index (χ4n) is 1.60. The van der Waals surface area contributed by atoms with Crippen LogP contribution in [0.2, 0.25) is 0 Å². The number of halogens is 2. The summed E-state index contributed by atoms with van der Waals surface area (Å²) in [6.07, 6.45) is 3.03. The molecule has 0 saturated carbocycles. The molecule has 2 heterocycles. The van der Waals surface area contributed by atoms with Crippen LogP contribution in [0, 0.1) is 0 Å². The van der Waals surface area contributed by atoms with Gasteiger partial charge < -0.3 is 9.45 Å². The predicted molar refractivity (Wildman–Crippen MR) is 76.9 cm³/mol. The third-order valence-electron chi connectivity index (χ3n) is 2.76. The third-order valence-corrected chi connectivity index (χ3v) is 4.11. The molecule has 1 saturated heterocycles. The Morgan fingerprint density at radius 3 is 2.50 bits per heavy atom. The highest BCUT2D eigenvalue weighted by molar-refractivity contribution is 7.91. The summed E-state index contributed by atoms with van der Waals surface area (Å²) in [5.74, 6) is -2.09. The van der Waals surface area contributed by atoms with Gasteiger partial charge in [-0.25, -0.2) is 13.8 Å². The van der Waals surface area contributed by atoms with Crippen molar-refractivity contribution in [3.63, 3.8) is 0 Å². The first kappa shape index (κ1) is 15.2. The van der Waals surface area contributed by atoms with E-state index in [0.717, 1.165) is 0 Å². The molecular formula is C13H17F2N3OS. The SMILES string of the molecule is CC(C)(C)[S+]([O-])/N=C/c1ccc(N2CC(F)(F)C2)nc1. The van der Waals surface area contributed by atoms with Crippen molar-refractivity contribution in [2.24, 2.45) is 4.40 Å². The van der Waals surface area contributed by atoms with Gasteiger partial charge in [-0.3, -0.25) is 0 Å². The summed E-state index contributed by atoms with van der Waals surface area (Å²) < 4.78 is 40.8. The minimum absolute atomic E-state index is 0.290. The maximum absolute atomic E-state index is 12.8. The Bertz CT molecular complexity index is 491. The van der Waals surface area contributed by atoms with Gasteiger partial charge in [0.05, 0.1) is 19.3 Å². The van der Waals surface area contributed by atoms with Crippen LogP contribution in [0.1, 0.15) is 26.3 Å². The first-order chi connectivity index (χ1) is 9.17. The molecule has 0 bridgehead atoms. The zero-order valence-corrected chi connectivity index (χ0v) is 12.5. The van der Waals surface area contributed by atoms with E-state index in [-0.39, 0.29) is 13.1 Å². The highest BCUT2D eigenvalue weighted by Gasteiger charge is 2.44. The van der Waals surface area contributed by atoms with E-state index in [9.17, 15) is 13.3 Å². The van der Waals surface area contributed by atoms with Crippen molar-refractivity contribution in [3.05, 3.63) is 23.9 Å². The van der Waals surface area contributed by atoms with Crippen molar-refractivity contribution in [1.82, 2.24) is 4.98 Å². The molecule has 1 aliphatic rings. The summed E-state index contributed by atoms with van der Waals surface area (Å²) in [6.45, 7) is 4.94. The summed E-state index contributed by atoms with van der Waals surface area (Å²) in [6, 6.07) is 3.39. The van der Waals surface area contributed by atoms with Crippen LogP contribution < -0.4 is 4.90 Å². The van der Waals surface area contributed by atoms with Gasteiger partial charge in [0.1, 0.15) is 21.9 Å². The Kier molecular flexibility index (Phi) is 4.02. The lowest BCUT2D eigenvalue weighted by atomic mass is 10.1. The lowest BCUT2D eigenvalue weighted by Gasteiger charge is -2.39. The highest BCUT2D eigenvalue weighted by atomic mass is 32.2. The fourth-order valence-corrected chi connectivity index (χ4v) is 2.14. The Hall–Kier alpha value is -1.21. The van der Waals surface area contributed by atoms with Crippen LogP contribution in [0.3, 0.4) is 0 Å². The van der Waals surface area contributed by atoms with Gasteiger partial charge in [0, 0.05) is 11.8 Å². The summed E-state index contributed by atoms with van der Waals surface area (Å²) >= 11 is -1.32. The molecule has 1 fully saturated rings. The molecule has 1 aliphatic heterocycles. The highest BCUT2D eigenvalue weighted by Crippen LogP contribution is 2.30. The molecule has 0 amide bonds. The smallest absolute Gasteiger partial charge is 0.282 e. The molecule has 7 heteroatoms. The van der Waals surface area contributed by atoms with Gasteiger partial charge in [0.15, 0.2) is 0 Å². The molecule has 0 N–H and O–H groups in total. The van der Waals surface area contributed by atoms with E-state index < -0.39 is 22.0 Å². The predicted octanol–water partition coefficient (Wildman–Crippen LogP) is 2.42. The molecular weight excluding hydrogens is 284 g/mol. The van der Waals surface area contributed by atoms with E-state index in [4.69, 9.17) is 0 Å². The Morgan fingerprint density at radius 1 is 1.40 bits per heavy atom. The van der Waals surface area contributed by atoms with Crippen molar-refractivity contribution in [2.45, 2.75) is 31.4 Å². The lowest BCUT2D eigenvalue weighted by molar-refractivity contribution is -0.0267. The summed E-state index contributed by atoms with van der Waals surface area (Å²) in [5.41, 5.74) is 0.693. The molecule has 1 aromatic rings. The number of anilines is 1. The monoisotopic (exact) mass is 301 g/mol. The summed E-state index contributed by atoms with van der Waals surface area (Å²) in [5, 5.41) is 0. The van der Waals surface area contributed by atoms with Crippen LogP contribution in [-0.4, -0.2) is 39.5 Å². The molecule has 110 valence electrons. The number of aromatic nitrogens is 1. The van der Waals surface area contributed by atoms with E-state index in [1.165, 1.54) is 17.3 Å². The van der Waals surface area contributed by atoms with Crippen LogP contribution in [-0.2, 0) is 11.4 Å². The Morgan fingerprint density at radius 2 is 2.05 bits per heavy atom. The van der Waals surface area contributed by atoms with E-state index in [1.54, 1.807) is 12.1 Å². The normalized spacial score (nSPS) is 20.0. The summed E-state index contributed by atoms with van der Waals surface area (Å²) in [4.78, 5) is 5.62. The molecule has 0 radical (unpaired) electrons. The van der Waals surface area contributed by atoms with Crippen molar-refractivity contribution in [2.75, 3.05) is 18.0 Å². The van der Waals surface area contributed by atoms with Crippen molar-refractivity contribution in [3.8, 4) is 0 Å². The molecule has 1 unspecified atom stereocenters. The van der Waals surface area contributed by atoms with Crippen LogP contribution in [0.15, 0.2) is 22.7 Å². The van der Waals surface area contributed by atoms with Crippen molar-refractivity contribution < 1.29 is 13.3 Å². The number of alkyl halides is 2. The average Bonchev–Trinajstić information content (AvgIpc) is 2.32. The third kappa shape index (κ3) is 3.67. The number of hydrogen-bond acceptors (Lipinski definition) is 4. The Balaban J connectivity index is 1.97. The standard InChI is InChI=1S/C13H17F2N3OS/c1-12(2,3)20(19)17-7-10-4-5-11(16-6-10)18-8-13(14,15)9-18/h4-7H,8-9H2,1-3H3/b17-7+. The number of pyridine rings is 1. The van der Waals surface area contributed by atoms with Crippen LogP contribution >= 0.6 is 0 Å². The minimum Gasteiger partial charge on any atom is -0.591 e. The van der Waals surface area contributed by atoms with Gasteiger partial charge in [-0.1, -0.05) is 4.40 Å². The lowest BCUT2D eigenvalue weighted by Crippen LogP contribution is -2.56. The Labute approximate surface area is 120 Å². The number of nitrogens with zero attached hydrogens (tertiary/aromatic N) is 3. The second-order valence-electron chi connectivity index (χ2n) is 5.76. The molecule has 2 rings (SSSR count). The average molecular weight is 301 g/mol. The number of hydrogen-bond donors (Lipinski definition) is 0. The first-order valence-electron chi connectivity index (χ1n) is 6.22. The molecule has 0 aliphatic carbocycles. The van der Waals surface area contributed by atoms with E-state index in [2.05, 4.69) is 9.38 Å². The van der Waals surface area contributed by atoms with Gasteiger partial charge in [0.25, 0.3) is 5.92 Å². The molecule has 0 spiro atoms. The van der Waals surface area contributed by atoms with Gasteiger partial charge in [-0.05, 0) is 32.9 Å². The fraction of sp³-hybridized carbons (Fsp3) is 0.538. The molecule has 4 nitrogen and oxygen atoms in total. The zero-order chi connectivity index (χ0) is 15.0. The maximum atomic E-state index is 12.8. The largest absolute Gasteiger partial charge is 0.591 e. The van der Waals surface area contributed by atoms with Gasteiger partial charge >= 0.3 is 0 Å². The van der Waals surface area contributed by atoms with Gasteiger partial charge in [-0.15, -0.1) is 0 Å². The van der Waals surface area contributed by atoms with Crippen LogP contribution in [0.25, 0.3) is 0 Å². The molecule has 20 heavy (non-hydrogen) atoms. The topological polar surface area (TPSA) is 51.6 Å². The maximum Gasteiger partial charge on any atom is 0.282 e. The number of rotatable bonds is 3. The van der Waals surface area contributed by atoms with E-state index >= 15 is 0 Å². The van der Waals surface area contributed by atoms with Gasteiger partial charge in [0.2, 0.25) is 0 Å². The van der Waals surface area contributed by atoms with Crippen LogP contribution in [0.4, 0.5) is 14.6 Å². The van der Waals surface area contributed by atoms with Gasteiger partial charge in [-0.2, -0.15) is 0 Å². The second kappa shape index (κ2) is 5.29. The molecule has 1 atom stereocenters. The van der Waals surface area contributed by atoms with E-state index in [0.29, 0.717) is 11.4 Å². The molecule has 0 aromatic carbocycles. The van der Waals surface area contributed by atoms with E-state index in [1.807, 2.05) is 20.8 Å². The molecule has 1 aromatic heterocycles. The first-order valence-corrected chi connectivity index (χ1v) is 7.33. The summed E-state index contributed by atoms with van der Waals surface area (Å²) in [7, 11) is 0. The van der Waals surface area contributed by atoms with Crippen LogP contribution in [0.5, 0.6) is 0 Å². The zero-order valence-electron chi connectivity index (χ0n) is 11.6.